The fourth-order valence-corrected chi connectivity index (χ4v) is 13.9. The number of amides is 2. The molecule has 0 bridgehead atoms. The summed E-state index contributed by atoms with van der Waals surface area (Å²) in [7, 11) is 1.65. The molecule has 2 aliphatic rings. The number of carbonyl (C=O) groups is 2. The second kappa shape index (κ2) is 7.02. The van der Waals surface area contributed by atoms with Gasteiger partial charge >= 0.3 is 155 Å². The van der Waals surface area contributed by atoms with Crippen molar-refractivity contribution in [1.82, 2.24) is 4.90 Å². The summed E-state index contributed by atoms with van der Waals surface area (Å²) < 4.78 is 2.60. The van der Waals surface area contributed by atoms with Gasteiger partial charge in [-0.15, -0.1) is 0 Å². The molecule has 2 amide bonds. The van der Waals surface area contributed by atoms with E-state index in [4.69, 9.17) is 5.73 Å². The van der Waals surface area contributed by atoms with Crippen molar-refractivity contribution < 1.29 is 19.8 Å². The van der Waals surface area contributed by atoms with Gasteiger partial charge in [0.1, 0.15) is 0 Å². The number of nitrogens with zero attached hydrogens (tertiary/aromatic N) is 1. The first-order valence-electron chi connectivity index (χ1n) is 8.38. The van der Waals surface area contributed by atoms with Gasteiger partial charge in [0.25, 0.3) is 0 Å². The molecular weight excluding hydrogens is 423 g/mol. The molecule has 7 heteroatoms. The average Bonchev–Trinajstić information content (AvgIpc) is 3.10. The Bertz CT molecular complexity index is 772. The molecule has 2 fully saturated rings. The first-order valence-corrected chi connectivity index (χ1v) is 14.7. The Balaban J connectivity index is 1.79. The number of nitrogens with two attached hydrogens (primary N) is 1. The van der Waals surface area contributed by atoms with Gasteiger partial charge in [0.2, 0.25) is 0 Å². The number of primary amides is 1. The number of aliphatic hydroxyl groups is 2. The first-order chi connectivity index (χ1) is 11.8. The van der Waals surface area contributed by atoms with E-state index >= 15 is 0 Å². The van der Waals surface area contributed by atoms with Crippen molar-refractivity contribution in [1.29, 1.82) is 0 Å². The summed E-state index contributed by atoms with van der Waals surface area (Å²) in [6.07, 6.45) is -0.316. The van der Waals surface area contributed by atoms with Crippen LogP contribution in [-0.4, -0.2) is 73.7 Å². The second-order valence-corrected chi connectivity index (χ2v) is 15.5. The third-order valence-electron chi connectivity index (χ3n) is 5.18. The van der Waals surface area contributed by atoms with Crippen molar-refractivity contribution in [2.75, 3.05) is 13.6 Å². The maximum atomic E-state index is 12.0. The van der Waals surface area contributed by atoms with Crippen molar-refractivity contribution in [3.8, 4) is 11.8 Å². The maximum absolute atomic E-state index is 12.0. The van der Waals surface area contributed by atoms with E-state index < -0.39 is 45.0 Å². The standard InChI is InChI=1S/C13H12NO2.C5H9NO2.In/c1-14-10-9-13(16,12(14)15)8-7-11-5-3-2-4-6-11;1-3(4(2)7)5(6)8;/h2-3,5-6,16H,9-10H2,1H3;3-4,7H,1-2H2,(H2,6,8);/t13-;3?,4-;/m01./s1. The molecule has 25 heavy (non-hydrogen) atoms. The summed E-state index contributed by atoms with van der Waals surface area (Å²) in [4.78, 5) is 24.9. The number of carbonyl (C=O) groups excluding carboxylic acids is 2. The third-order valence-corrected chi connectivity index (χ3v) is 15.0. The molecule has 130 valence electrons. The monoisotopic (exact) mass is 444 g/mol. The summed E-state index contributed by atoms with van der Waals surface area (Å²) in [6.45, 7) is 0.495. The van der Waals surface area contributed by atoms with E-state index in [0.29, 0.717) is 17.1 Å². The zero-order valence-electron chi connectivity index (χ0n) is 14.1. The normalized spacial score (nSPS) is 28.8. The Labute approximate surface area is 154 Å². The van der Waals surface area contributed by atoms with Crippen LogP contribution in [0.3, 0.4) is 0 Å². The number of likely N-dealkylation sites (N-methyl/N-ethyl adjacent to an activating group) is 1. The van der Waals surface area contributed by atoms with E-state index in [1.165, 1.54) is 8.22 Å². The summed E-state index contributed by atoms with van der Waals surface area (Å²) in [6, 6.07) is 7.72. The SMILES string of the molecule is CN1CC[C@@](O)(C#Cc2ccc[c]([In]3[CH2]C(C(N)=O)[C@H](O)[CH2]3)c2)C1=O. The minimum atomic E-state index is -2.27. The van der Waals surface area contributed by atoms with E-state index in [0.717, 1.165) is 9.74 Å². The predicted molar refractivity (Wildman–Crippen MR) is 94.2 cm³/mol. The molecule has 2 saturated heterocycles. The van der Waals surface area contributed by atoms with Crippen molar-refractivity contribution in [3.05, 3.63) is 29.8 Å². The molecule has 3 rings (SSSR count). The fourth-order valence-electron chi connectivity index (χ4n) is 3.61. The van der Waals surface area contributed by atoms with Crippen LogP contribution in [0.4, 0.5) is 0 Å². The Hall–Kier alpha value is -1.49. The van der Waals surface area contributed by atoms with Gasteiger partial charge in [-0.05, 0) is 0 Å². The summed E-state index contributed by atoms with van der Waals surface area (Å²) in [5.74, 6) is 4.43. The van der Waals surface area contributed by atoms with Crippen molar-refractivity contribution in [3.63, 3.8) is 0 Å². The van der Waals surface area contributed by atoms with Crippen molar-refractivity contribution in [2.24, 2.45) is 11.7 Å². The third kappa shape index (κ3) is 3.71. The Morgan fingerprint density at radius 2 is 2.20 bits per heavy atom. The van der Waals surface area contributed by atoms with Crippen molar-refractivity contribution >= 4 is 36.6 Å². The Morgan fingerprint density at radius 1 is 1.44 bits per heavy atom. The number of aliphatic hydroxyl groups excluding tert-OH is 1. The molecule has 2 aliphatic heterocycles. The van der Waals surface area contributed by atoms with Gasteiger partial charge < -0.3 is 0 Å². The number of likely N-dealkylation sites (tertiary alicyclic amines) is 1. The van der Waals surface area contributed by atoms with Crippen LogP contribution in [0.25, 0.3) is 0 Å². The molecule has 4 N–H and O–H groups in total. The van der Waals surface area contributed by atoms with Crippen LogP contribution in [0.1, 0.15) is 12.0 Å². The molecule has 1 aromatic carbocycles. The van der Waals surface area contributed by atoms with Crippen LogP contribution in [-0.2, 0) is 9.59 Å². The molecule has 6 nitrogen and oxygen atoms in total. The van der Waals surface area contributed by atoms with Gasteiger partial charge in [-0.25, -0.2) is 0 Å². The zero-order chi connectivity index (χ0) is 18.2. The van der Waals surface area contributed by atoms with Gasteiger partial charge in [-0.3, -0.25) is 0 Å². The second-order valence-electron chi connectivity index (χ2n) is 6.96. The molecule has 0 saturated carbocycles. The minimum absolute atomic E-state index is 0.309. The Kier molecular flexibility index (Phi) is 5.14. The number of hydrogen-bond acceptors (Lipinski definition) is 4. The molecule has 3 atom stereocenters. The van der Waals surface area contributed by atoms with Crippen LogP contribution in [0.2, 0.25) is 8.35 Å². The van der Waals surface area contributed by atoms with Gasteiger partial charge in [0.05, 0.1) is 0 Å². The van der Waals surface area contributed by atoms with Crippen LogP contribution < -0.4 is 9.05 Å². The molecule has 1 aromatic rings. The van der Waals surface area contributed by atoms with E-state index in [9.17, 15) is 19.8 Å². The van der Waals surface area contributed by atoms with Gasteiger partial charge in [0, 0.05) is 0 Å². The van der Waals surface area contributed by atoms with Gasteiger partial charge in [0.15, 0.2) is 0 Å². The van der Waals surface area contributed by atoms with Crippen LogP contribution in [0.5, 0.6) is 0 Å². The van der Waals surface area contributed by atoms with Crippen LogP contribution in [0.15, 0.2) is 24.3 Å². The summed E-state index contributed by atoms with van der Waals surface area (Å²) in [5, 5.41) is 20.4. The molecule has 0 aliphatic carbocycles. The summed E-state index contributed by atoms with van der Waals surface area (Å²) >= 11 is -2.27. The van der Waals surface area contributed by atoms with E-state index in [1.54, 1.807) is 7.05 Å². The molecule has 1 unspecified atom stereocenters. The summed E-state index contributed by atoms with van der Waals surface area (Å²) in [5.41, 5.74) is 4.50. The first kappa shape index (κ1) is 18.3. The van der Waals surface area contributed by atoms with E-state index in [2.05, 4.69) is 11.8 Å². The van der Waals surface area contributed by atoms with E-state index in [-0.39, 0.29) is 5.91 Å². The number of benzene rings is 1. The van der Waals surface area contributed by atoms with E-state index in [1.807, 2.05) is 24.3 Å². The quantitative estimate of drug-likeness (QED) is 0.500. The van der Waals surface area contributed by atoms with Gasteiger partial charge in [-0.2, -0.15) is 0 Å². The molecular formula is C18H21InN2O4. The van der Waals surface area contributed by atoms with Crippen LogP contribution in [0, 0.1) is 17.8 Å². The molecule has 0 radical (unpaired) electrons. The molecule has 0 spiro atoms. The van der Waals surface area contributed by atoms with Crippen molar-refractivity contribution in [2.45, 2.75) is 26.5 Å². The van der Waals surface area contributed by atoms with Gasteiger partial charge in [-0.1, -0.05) is 0 Å². The predicted octanol–water partition coefficient (Wildman–Crippen LogP) is -1.19. The topological polar surface area (TPSA) is 104 Å². The molecule has 2 heterocycles. The number of rotatable bonds is 2. The zero-order valence-corrected chi connectivity index (χ0v) is 17.4. The Morgan fingerprint density at radius 3 is 2.80 bits per heavy atom. The number of hydrogen-bond donors (Lipinski definition) is 3. The average molecular weight is 444 g/mol. The molecule has 0 aromatic heterocycles. The van der Waals surface area contributed by atoms with Crippen LogP contribution >= 0.6 is 0 Å². The fraction of sp³-hybridized carbons (Fsp3) is 0.444.